The number of carboxylic acid groups (broad SMARTS) is 1. The summed E-state index contributed by atoms with van der Waals surface area (Å²) < 4.78 is 5.15. The van der Waals surface area contributed by atoms with Crippen molar-refractivity contribution in [3.05, 3.63) is 35.7 Å². The van der Waals surface area contributed by atoms with Crippen LogP contribution in [0.2, 0.25) is 0 Å². The Morgan fingerprint density at radius 1 is 1.40 bits per heavy atom. The van der Waals surface area contributed by atoms with E-state index in [1.165, 1.54) is 0 Å². The molecule has 3 N–H and O–H groups in total. The first-order valence-corrected chi connectivity index (χ1v) is 10.2. The van der Waals surface area contributed by atoms with Crippen LogP contribution in [0.1, 0.15) is 30.5 Å². The molecule has 1 aliphatic rings. The monoisotopic (exact) mass is 411 g/mol. The summed E-state index contributed by atoms with van der Waals surface area (Å²) in [5.41, 5.74) is 10.1. The van der Waals surface area contributed by atoms with E-state index in [1.54, 1.807) is 20.4 Å². The van der Waals surface area contributed by atoms with Crippen LogP contribution < -0.4 is 10.6 Å². The third-order valence-corrected chi connectivity index (χ3v) is 5.36. The summed E-state index contributed by atoms with van der Waals surface area (Å²) >= 11 is 0. The van der Waals surface area contributed by atoms with Gasteiger partial charge in [0.25, 0.3) is 0 Å². The number of carbonyl (C=O) groups is 1. The number of nitrogens with zero attached hydrogens (tertiary/aromatic N) is 4. The molecule has 0 unspecified atom stereocenters. The van der Waals surface area contributed by atoms with Gasteiger partial charge in [-0.3, -0.25) is 14.8 Å². The number of piperidine rings is 1. The molecule has 0 bridgehead atoms. The first-order chi connectivity index (χ1) is 14.5. The molecular weight excluding hydrogens is 382 g/mol. The van der Waals surface area contributed by atoms with E-state index in [1.807, 2.05) is 24.4 Å². The number of nitrogen functional groups attached to an aromatic ring is 1. The molecule has 1 fully saturated rings. The van der Waals surface area contributed by atoms with E-state index in [-0.39, 0.29) is 5.92 Å². The number of nitrogens with two attached hydrogens (primary N) is 1. The van der Waals surface area contributed by atoms with E-state index in [9.17, 15) is 9.90 Å². The molecule has 0 radical (unpaired) electrons. The highest BCUT2D eigenvalue weighted by Crippen LogP contribution is 2.32. The van der Waals surface area contributed by atoms with Gasteiger partial charge in [-0.25, -0.2) is 4.98 Å². The van der Waals surface area contributed by atoms with Crippen molar-refractivity contribution in [1.29, 1.82) is 0 Å². The minimum absolute atomic E-state index is 0.300. The lowest BCUT2D eigenvalue weighted by molar-refractivity contribution is -0.142. The largest absolute Gasteiger partial charge is 0.481 e. The number of rotatable bonds is 8. The second-order valence-electron chi connectivity index (χ2n) is 7.46. The van der Waals surface area contributed by atoms with Gasteiger partial charge in [0.2, 0.25) is 0 Å². The maximum atomic E-state index is 11.3. The number of ether oxygens (including phenoxy) is 1. The zero-order valence-corrected chi connectivity index (χ0v) is 17.5. The Balaban J connectivity index is 1.96. The molecule has 1 aromatic carbocycles. The van der Waals surface area contributed by atoms with Crippen LogP contribution in [-0.4, -0.2) is 61.1 Å². The average molecular weight is 412 g/mol. The van der Waals surface area contributed by atoms with Gasteiger partial charge in [0.15, 0.2) is 5.82 Å². The van der Waals surface area contributed by atoms with Gasteiger partial charge in [0.05, 0.1) is 11.6 Å². The predicted molar refractivity (Wildman–Crippen MR) is 118 cm³/mol. The van der Waals surface area contributed by atoms with Crippen LogP contribution in [0.3, 0.4) is 0 Å². The van der Waals surface area contributed by atoms with Gasteiger partial charge in [-0.1, -0.05) is 6.07 Å². The predicted octanol–water partition coefficient (Wildman–Crippen LogP) is 2.65. The van der Waals surface area contributed by atoms with Gasteiger partial charge >= 0.3 is 5.97 Å². The van der Waals surface area contributed by atoms with Crippen LogP contribution in [0.15, 0.2) is 29.4 Å². The molecule has 2 heterocycles. The average Bonchev–Trinajstić information content (AvgIpc) is 2.76. The molecule has 160 valence electrons. The highest BCUT2D eigenvalue weighted by atomic mass is 16.5. The van der Waals surface area contributed by atoms with Crippen molar-refractivity contribution < 1.29 is 14.6 Å². The Kier molecular flexibility index (Phi) is 7.35. The molecule has 0 amide bonds. The summed E-state index contributed by atoms with van der Waals surface area (Å²) in [6.07, 6.45) is 6.37. The van der Waals surface area contributed by atoms with Crippen molar-refractivity contribution in [2.75, 3.05) is 44.5 Å². The third-order valence-electron chi connectivity index (χ3n) is 5.36. The second kappa shape index (κ2) is 10.2. The van der Waals surface area contributed by atoms with Gasteiger partial charge in [-0.15, -0.1) is 0 Å². The zero-order chi connectivity index (χ0) is 21.5. The van der Waals surface area contributed by atoms with Gasteiger partial charge in [0.1, 0.15) is 5.69 Å². The van der Waals surface area contributed by atoms with Crippen molar-refractivity contribution >= 4 is 23.7 Å². The van der Waals surface area contributed by atoms with Crippen LogP contribution in [0.25, 0.3) is 11.3 Å². The smallest absolute Gasteiger partial charge is 0.306 e. The number of carboxylic acids is 1. The number of aryl methyl sites for hydroxylation is 1. The number of hydrogen-bond acceptors (Lipinski definition) is 7. The van der Waals surface area contributed by atoms with E-state index in [0.29, 0.717) is 38.2 Å². The number of hydrogen-bond donors (Lipinski definition) is 2. The summed E-state index contributed by atoms with van der Waals surface area (Å²) in [6, 6.07) is 5.75. The molecule has 0 spiro atoms. The van der Waals surface area contributed by atoms with E-state index >= 15 is 0 Å². The van der Waals surface area contributed by atoms with Crippen LogP contribution in [0, 0.1) is 5.92 Å². The van der Waals surface area contributed by atoms with Crippen molar-refractivity contribution in [1.82, 2.24) is 9.97 Å². The topological polar surface area (TPSA) is 114 Å². The molecule has 0 saturated carbocycles. The molecule has 8 heteroatoms. The Labute approximate surface area is 176 Å². The van der Waals surface area contributed by atoms with E-state index in [2.05, 4.69) is 9.89 Å². The minimum Gasteiger partial charge on any atom is -0.481 e. The summed E-state index contributed by atoms with van der Waals surface area (Å²) in [6.45, 7) is 1.94. The van der Waals surface area contributed by atoms with E-state index < -0.39 is 5.97 Å². The molecule has 8 nitrogen and oxygen atoms in total. The standard InChI is InChI=1S/C22H29N5O3/c1-24-13-17-12-16(5-6-19(17)23)20-21(26-18(14-25-20)4-3-11-30-2)27-9-7-15(8-10-27)22(28)29/h5-6,12-15H,3-4,7-11,23H2,1-2H3,(H,28,29). The fraction of sp³-hybridized carbons (Fsp3) is 0.455. The molecule has 30 heavy (non-hydrogen) atoms. The summed E-state index contributed by atoms with van der Waals surface area (Å²) in [5.74, 6) is -0.236. The van der Waals surface area contributed by atoms with E-state index in [0.717, 1.165) is 41.2 Å². The first-order valence-electron chi connectivity index (χ1n) is 10.2. The fourth-order valence-electron chi connectivity index (χ4n) is 3.67. The number of aromatic nitrogens is 2. The number of anilines is 2. The van der Waals surface area contributed by atoms with Crippen LogP contribution in [0.5, 0.6) is 0 Å². The van der Waals surface area contributed by atoms with Crippen molar-refractivity contribution in [3.8, 4) is 11.3 Å². The molecule has 3 rings (SSSR count). The molecule has 1 aliphatic heterocycles. The lowest BCUT2D eigenvalue weighted by Crippen LogP contribution is -2.37. The highest BCUT2D eigenvalue weighted by Gasteiger charge is 2.27. The Bertz CT molecular complexity index is 908. The zero-order valence-electron chi connectivity index (χ0n) is 17.5. The van der Waals surface area contributed by atoms with Gasteiger partial charge in [-0.05, 0) is 37.8 Å². The first kappa shape index (κ1) is 21.7. The number of aliphatic carboxylic acids is 1. The van der Waals surface area contributed by atoms with Crippen molar-refractivity contribution in [2.45, 2.75) is 25.7 Å². The van der Waals surface area contributed by atoms with Crippen LogP contribution in [0.4, 0.5) is 11.5 Å². The maximum Gasteiger partial charge on any atom is 0.306 e. The third kappa shape index (κ3) is 5.13. The molecular formula is C22H29N5O3. The fourth-order valence-corrected chi connectivity index (χ4v) is 3.67. The molecule has 1 saturated heterocycles. The van der Waals surface area contributed by atoms with Crippen LogP contribution in [-0.2, 0) is 16.0 Å². The quantitative estimate of drug-likeness (QED) is 0.390. The number of benzene rings is 1. The van der Waals surface area contributed by atoms with E-state index in [4.69, 9.17) is 20.4 Å². The Hall–Kier alpha value is -3.00. The lowest BCUT2D eigenvalue weighted by atomic mass is 9.96. The SMILES string of the molecule is CN=Cc1cc(-c2ncc(CCCOC)nc2N2CCC(C(=O)O)CC2)ccc1N. The summed E-state index contributed by atoms with van der Waals surface area (Å²) in [7, 11) is 3.39. The maximum absolute atomic E-state index is 11.3. The normalized spacial score (nSPS) is 15.1. The summed E-state index contributed by atoms with van der Waals surface area (Å²) in [4.78, 5) is 27.2. The molecule has 1 aromatic heterocycles. The van der Waals surface area contributed by atoms with Crippen LogP contribution >= 0.6 is 0 Å². The number of aliphatic imine (C=N–C) groups is 1. The summed E-state index contributed by atoms with van der Waals surface area (Å²) in [5, 5.41) is 9.32. The minimum atomic E-state index is -0.726. The van der Waals surface area contributed by atoms with Crippen molar-refractivity contribution in [2.24, 2.45) is 10.9 Å². The van der Waals surface area contributed by atoms with Gasteiger partial charge in [0, 0.05) is 63.1 Å². The Morgan fingerprint density at radius 2 is 2.17 bits per heavy atom. The lowest BCUT2D eigenvalue weighted by Gasteiger charge is -2.32. The number of methoxy groups -OCH3 is 1. The highest BCUT2D eigenvalue weighted by molar-refractivity contribution is 5.90. The Morgan fingerprint density at radius 3 is 2.83 bits per heavy atom. The second-order valence-corrected chi connectivity index (χ2v) is 7.46. The van der Waals surface area contributed by atoms with Gasteiger partial charge < -0.3 is 20.5 Å². The van der Waals surface area contributed by atoms with Gasteiger partial charge in [-0.2, -0.15) is 0 Å². The molecule has 0 aliphatic carbocycles. The van der Waals surface area contributed by atoms with Crippen molar-refractivity contribution in [3.63, 3.8) is 0 Å². The molecule has 2 aromatic rings. The molecule has 0 atom stereocenters.